The van der Waals surface area contributed by atoms with Gasteiger partial charge < -0.3 is 139 Å². The lowest BCUT2D eigenvalue weighted by molar-refractivity contribution is -0.372. The van der Waals surface area contributed by atoms with E-state index in [1.54, 1.807) is 6.92 Å². The van der Waals surface area contributed by atoms with E-state index in [-0.39, 0.29) is 41.1 Å². The molecule has 0 spiro atoms. The molecule has 5 saturated heterocycles. The predicted octanol–water partition coefficient (Wildman–Crippen LogP) is -4.38. The Morgan fingerprint density at radius 2 is 1.00 bits per heavy atom. The molecule has 4 saturated carbocycles. The minimum Gasteiger partial charge on any atom is -0.394 e. The highest BCUT2D eigenvalue weighted by Gasteiger charge is 2.72. The van der Waals surface area contributed by atoms with Crippen LogP contribution in [-0.4, -0.2) is 296 Å². The van der Waals surface area contributed by atoms with Crippen molar-refractivity contribution in [1.29, 1.82) is 0 Å². The molecule has 5 aliphatic heterocycles. The maximum absolute atomic E-state index is 12.9. The van der Waals surface area contributed by atoms with Gasteiger partial charge in [0.25, 0.3) is 0 Å². The highest BCUT2D eigenvalue weighted by atomic mass is 16.8. The second-order valence-corrected chi connectivity index (χ2v) is 28.5. The fourth-order valence-corrected chi connectivity index (χ4v) is 17.6. The van der Waals surface area contributed by atoms with Gasteiger partial charge >= 0.3 is 0 Å². The highest BCUT2D eigenvalue weighted by Crippen LogP contribution is 2.76. The van der Waals surface area contributed by atoms with Crippen LogP contribution < -0.4 is 0 Å². The number of ether oxygens (including phenoxy) is 10. The average molecular weight is 1270 g/mol. The normalized spacial score (nSPS) is 53.2. The Bertz CT molecular complexity index is 2320. The molecule has 5 heterocycles. The largest absolute Gasteiger partial charge is 0.394 e. The van der Waals surface area contributed by atoms with Crippen LogP contribution in [0.25, 0.3) is 0 Å². The molecule has 510 valence electrons. The number of aliphatic hydroxyl groups is 18. The second-order valence-electron chi connectivity index (χ2n) is 28.5. The van der Waals surface area contributed by atoms with Crippen molar-refractivity contribution in [1.82, 2.24) is 0 Å². The Morgan fingerprint density at radius 3 is 1.57 bits per heavy atom. The molecule has 4 aliphatic carbocycles. The molecule has 0 aromatic carbocycles. The molecule has 9 rings (SSSR count). The van der Waals surface area contributed by atoms with Gasteiger partial charge in [0, 0.05) is 0 Å². The van der Waals surface area contributed by atoms with Crippen molar-refractivity contribution in [3.05, 3.63) is 11.6 Å². The molecule has 0 radical (unpaired) electrons. The van der Waals surface area contributed by atoms with E-state index < -0.39 is 209 Å². The zero-order valence-electron chi connectivity index (χ0n) is 51.5. The summed E-state index contributed by atoms with van der Waals surface area (Å²) in [5, 5.41) is 195. The van der Waals surface area contributed by atoms with Gasteiger partial charge in [-0.2, -0.15) is 0 Å². The maximum Gasteiger partial charge on any atom is 0.187 e. The fourth-order valence-electron chi connectivity index (χ4n) is 17.6. The molecule has 0 bridgehead atoms. The van der Waals surface area contributed by atoms with Crippen molar-refractivity contribution in [3.63, 3.8) is 0 Å². The Morgan fingerprint density at radius 1 is 0.511 bits per heavy atom. The van der Waals surface area contributed by atoms with Gasteiger partial charge in [-0.05, 0) is 124 Å². The van der Waals surface area contributed by atoms with Crippen molar-refractivity contribution < 1.29 is 139 Å². The third kappa shape index (κ3) is 12.7. The summed E-state index contributed by atoms with van der Waals surface area (Å²) in [7, 11) is 0. The topological polar surface area (TPSA) is 456 Å². The van der Waals surface area contributed by atoms with Gasteiger partial charge in [-0.1, -0.05) is 46.3 Å². The quantitative estimate of drug-likeness (QED) is 0.0429. The number of aliphatic hydroxyl groups excluding tert-OH is 18. The van der Waals surface area contributed by atoms with Gasteiger partial charge in [-0.3, -0.25) is 0 Å². The zero-order valence-corrected chi connectivity index (χ0v) is 51.5. The molecule has 35 atom stereocenters. The lowest BCUT2D eigenvalue weighted by Gasteiger charge is -2.71. The number of fused-ring (bicyclic) bond motifs is 5. The van der Waals surface area contributed by atoms with Crippen LogP contribution in [0.2, 0.25) is 0 Å². The summed E-state index contributed by atoms with van der Waals surface area (Å²) in [6, 6.07) is 0. The van der Waals surface area contributed by atoms with Crippen molar-refractivity contribution in [2.24, 2.45) is 45.3 Å². The highest BCUT2D eigenvalue weighted by molar-refractivity contribution is 5.21. The first-order valence-electron chi connectivity index (χ1n) is 31.4. The van der Waals surface area contributed by atoms with Crippen LogP contribution in [0.1, 0.15) is 113 Å². The Hall–Kier alpha value is -1.38. The summed E-state index contributed by atoms with van der Waals surface area (Å²) in [5.74, 6) is -0.694. The molecule has 28 nitrogen and oxygen atoms in total. The number of hydrogen-bond acceptors (Lipinski definition) is 28. The first kappa shape index (κ1) is 70.9. The minimum absolute atomic E-state index is 0.00380. The van der Waals surface area contributed by atoms with E-state index in [1.807, 2.05) is 13.0 Å². The van der Waals surface area contributed by atoms with Crippen LogP contribution >= 0.6 is 0 Å². The average Bonchev–Trinajstić information content (AvgIpc) is 1.16. The van der Waals surface area contributed by atoms with Crippen LogP contribution in [0, 0.1) is 45.3 Å². The van der Waals surface area contributed by atoms with E-state index in [0.717, 1.165) is 18.4 Å². The van der Waals surface area contributed by atoms with Gasteiger partial charge in [0.05, 0.1) is 56.9 Å². The summed E-state index contributed by atoms with van der Waals surface area (Å²) in [6.07, 6.45) is -34.7. The van der Waals surface area contributed by atoms with Crippen LogP contribution in [0.4, 0.5) is 0 Å². The Balaban J connectivity index is 0.889. The Kier molecular flexibility index (Phi) is 22.1. The van der Waals surface area contributed by atoms with Crippen molar-refractivity contribution >= 4 is 0 Å². The van der Waals surface area contributed by atoms with Gasteiger partial charge in [0.15, 0.2) is 31.5 Å². The molecule has 0 amide bonds. The predicted molar refractivity (Wildman–Crippen MR) is 299 cm³/mol. The molecule has 18 N–H and O–H groups in total. The molecular weight excluding hydrogens is 1170 g/mol. The molecule has 0 aromatic heterocycles. The number of hydrogen-bond donors (Lipinski definition) is 18. The van der Waals surface area contributed by atoms with Gasteiger partial charge in [-0.15, -0.1) is 0 Å². The lowest BCUT2D eigenvalue weighted by Crippen LogP contribution is -2.67. The summed E-state index contributed by atoms with van der Waals surface area (Å²) in [5.41, 5.74) is -2.23. The molecule has 9 fully saturated rings. The van der Waals surface area contributed by atoms with E-state index >= 15 is 0 Å². The van der Waals surface area contributed by atoms with Gasteiger partial charge in [0.1, 0.15) is 116 Å². The van der Waals surface area contributed by atoms with Crippen molar-refractivity contribution in [3.8, 4) is 0 Å². The van der Waals surface area contributed by atoms with E-state index in [9.17, 15) is 91.9 Å². The third-order valence-corrected chi connectivity index (χ3v) is 23.1. The Labute approximate surface area is 512 Å². The molecule has 0 unspecified atom stereocenters. The molecule has 88 heavy (non-hydrogen) atoms. The van der Waals surface area contributed by atoms with E-state index in [4.69, 9.17) is 47.4 Å². The second kappa shape index (κ2) is 27.4. The monoisotopic (exact) mass is 1270 g/mol. The first-order chi connectivity index (χ1) is 41.2. The first-order valence-corrected chi connectivity index (χ1v) is 31.4. The van der Waals surface area contributed by atoms with Crippen molar-refractivity contribution in [2.75, 3.05) is 33.0 Å². The van der Waals surface area contributed by atoms with E-state index in [0.29, 0.717) is 44.9 Å². The van der Waals surface area contributed by atoms with E-state index in [2.05, 4.69) is 34.6 Å². The molecule has 28 heteroatoms. The molecular formula is C60H102O28. The van der Waals surface area contributed by atoms with Crippen molar-refractivity contribution in [2.45, 2.75) is 285 Å². The summed E-state index contributed by atoms with van der Waals surface area (Å²) in [4.78, 5) is 0. The summed E-state index contributed by atoms with van der Waals surface area (Å²) < 4.78 is 60.5. The van der Waals surface area contributed by atoms with Crippen LogP contribution in [-0.2, 0) is 47.4 Å². The zero-order chi connectivity index (χ0) is 64.7. The van der Waals surface area contributed by atoms with Gasteiger partial charge in [0.2, 0.25) is 0 Å². The van der Waals surface area contributed by atoms with E-state index in [1.165, 1.54) is 6.92 Å². The fraction of sp³-hybridized carbons (Fsp3) is 0.967. The maximum atomic E-state index is 12.9. The minimum atomic E-state index is -1.88. The summed E-state index contributed by atoms with van der Waals surface area (Å²) >= 11 is 0. The van der Waals surface area contributed by atoms with Gasteiger partial charge in [-0.25, -0.2) is 0 Å². The number of rotatable bonds is 19. The lowest BCUT2D eigenvalue weighted by atomic mass is 9.35. The number of allylic oxidation sites excluding steroid dienone is 1. The van der Waals surface area contributed by atoms with Crippen LogP contribution in [0.15, 0.2) is 11.6 Å². The summed E-state index contributed by atoms with van der Waals surface area (Å²) in [6.45, 7) is 13.5. The standard InChI is InChI=1S/C60H102O28/c1-24(19-61)10-9-14-60(8,88-54-49(78)44(73)40(69)31(85-54)22-79-51-46(75)41(70)37(66)28(20-62)82-51)26-11-16-59(7)35(26)27(64)18-33-57(5)15-13-34(56(3,4)32(57)12-17-58(33,59)6)86-52-47(76)43(72)39(68)30(84-52)23-80-55-50(45(74)36(65)25(2)81-55)87-53-48(77)42(71)38(67)29(21-63)83-53/h10,25-55,61-78H,9,11-23H2,1-8H3/b24-10-/t25-,26-,27+,28+,29+,30+,31-,32+,33+,34-,35-,36-,37-,38-,39+,40+,41+,42+,43+,44+,45+,46-,47-,48-,49-,50+,51+,52-,53+,54-,55+,57-,58+,59-,60+/m1/s1. The smallest absolute Gasteiger partial charge is 0.187 e. The van der Waals surface area contributed by atoms with Crippen LogP contribution in [0.5, 0.6) is 0 Å². The third-order valence-electron chi connectivity index (χ3n) is 23.1. The molecule has 9 aliphatic rings. The van der Waals surface area contributed by atoms with Crippen LogP contribution in [0.3, 0.4) is 0 Å². The SMILES string of the molecule is C/C(=C/CC[C@](C)(O[C@H]1O[C@H](CO[C@H]2O[C@@H](CO)[C@@H](O)[C@H](O)[C@H]2O)[C@H](O)[C@H](O)[C@H]1O)[C@@H]1CC[C@]2(C)[C@H]1[C@@H](O)C[C@H]1[C@]3(C)CC[C@@H](O[C@H]4O[C@@H](CO[C@H]5O[C@H](C)[C@@H](O)[C@H](O)[C@@H]5O[C@@H]5O[C@@H](CO)[C@@H](O)[C@H](O)[C@H]5O)[C@H](O)[C@H](O)[C@H]4O)C(C)(C)[C@@H]3CC[C@@]12C)CO. The molecule has 0 aromatic rings.